The van der Waals surface area contributed by atoms with Gasteiger partial charge in [0.25, 0.3) is 0 Å². The highest BCUT2D eigenvalue weighted by Crippen LogP contribution is 1.81. The molecule has 0 aromatic rings. The third-order valence-electron chi connectivity index (χ3n) is 0.348. The fourth-order valence-electron chi connectivity index (χ4n) is 0. The molecule has 0 heterocycles. The van der Waals surface area contributed by atoms with Crippen LogP contribution in [0.4, 0.5) is 0 Å². The molecule has 0 atom stereocenters. The van der Waals surface area contributed by atoms with Gasteiger partial charge in [0.05, 0.1) is 0 Å². The SMILES string of the molecule is C=CC(=C)C.[MgH2]. The summed E-state index contributed by atoms with van der Waals surface area (Å²) in [5.74, 6) is 0. The maximum absolute atomic E-state index is 3.56. The minimum Gasteiger partial charge on any atom is -0.0988 e. The van der Waals surface area contributed by atoms with Crippen molar-refractivity contribution in [3.8, 4) is 0 Å². The highest BCUT2D eigenvalue weighted by atomic mass is 24.3. The van der Waals surface area contributed by atoms with Gasteiger partial charge in [-0.25, -0.2) is 0 Å². The summed E-state index contributed by atoms with van der Waals surface area (Å²) >= 11 is 0. The first-order valence-corrected chi connectivity index (χ1v) is 1.55. The van der Waals surface area contributed by atoms with Crippen molar-refractivity contribution in [1.82, 2.24) is 0 Å². The van der Waals surface area contributed by atoms with Crippen molar-refractivity contribution in [3.05, 3.63) is 24.8 Å². The smallest absolute Gasteiger partial charge is 0.0988 e. The first kappa shape index (κ1) is 9.53. The van der Waals surface area contributed by atoms with Crippen LogP contribution < -0.4 is 0 Å². The Bertz CT molecular complexity index is 55.0. The topological polar surface area (TPSA) is 0 Å². The summed E-state index contributed by atoms with van der Waals surface area (Å²) in [4.78, 5) is 0. The van der Waals surface area contributed by atoms with Crippen LogP contribution in [0.5, 0.6) is 0 Å². The minimum absolute atomic E-state index is 0. The van der Waals surface area contributed by atoms with Crippen LogP contribution in [-0.2, 0) is 0 Å². The van der Waals surface area contributed by atoms with Gasteiger partial charge >= 0.3 is 23.1 Å². The van der Waals surface area contributed by atoms with Crippen LogP contribution >= 0.6 is 0 Å². The maximum atomic E-state index is 3.56. The number of allylic oxidation sites excluding steroid dienone is 2. The summed E-state index contributed by atoms with van der Waals surface area (Å²) in [6.07, 6.45) is 1.72. The van der Waals surface area contributed by atoms with E-state index in [9.17, 15) is 0 Å². The lowest BCUT2D eigenvalue weighted by Crippen LogP contribution is -1.50. The average Bonchev–Trinajstić information content (AvgIpc) is 1.38. The van der Waals surface area contributed by atoms with Gasteiger partial charge in [-0.05, 0) is 6.92 Å². The molecule has 0 saturated heterocycles. The number of hydrogen-bond acceptors (Lipinski definition) is 0. The molecule has 0 amide bonds. The summed E-state index contributed by atoms with van der Waals surface area (Å²) in [6, 6.07) is 0. The fourth-order valence-corrected chi connectivity index (χ4v) is 0. The lowest BCUT2D eigenvalue weighted by atomic mass is 10.4. The molecule has 0 nitrogen and oxygen atoms in total. The van der Waals surface area contributed by atoms with Crippen LogP contribution in [0.25, 0.3) is 0 Å². The quantitative estimate of drug-likeness (QED) is 0.334. The molecule has 6 heavy (non-hydrogen) atoms. The lowest BCUT2D eigenvalue weighted by molar-refractivity contribution is 1.58. The third kappa shape index (κ3) is 8.87. The molecule has 1 heteroatoms. The molecule has 0 aliphatic heterocycles. The predicted octanol–water partition coefficient (Wildman–Crippen LogP) is 0.832. The highest BCUT2D eigenvalue weighted by molar-refractivity contribution is 5.75. The van der Waals surface area contributed by atoms with Crippen molar-refractivity contribution in [1.29, 1.82) is 0 Å². The molecule has 0 spiro atoms. The van der Waals surface area contributed by atoms with Crippen LogP contribution in [0.2, 0.25) is 0 Å². The van der Waals surface area contributed by atoms with E-state index in [1.807, 2.05) is 6.92 Å². The normalized spacial score (nSPS) is 5.50. The Labute approximate surface area is 55.1 Å². The van der Waals surface area contributed by atoms with Gasteiger partial charge in [0.1, 0.15) is 0 Å². The van der Waals surface area contributed by atoms with Crippen molar-refractivity contribution in [2.45, 2.75) is 6.92 Å². The summed E-state index contributed by atoms with van der Waals surface area (Å²) in [5.41, 5.74) is 1.02. The molecular weight excluding hydrogens is 84.4 g/mol. The molecule has 0 aliphatic carbocycles. The molecular formula is C5H10Mg. The zero-order chi connectivity index (χ0) is 4.28. The molecule has 0 aromatic carbocycles. The molecule has 0 radical (unpaired) electrons. The van der Waals surface area contributed by atoms with Gasteiger partial charge in [0.2, 0.25) is 0 Å². The molecule has 0 fully saturated rings. The largest absolute Gasteiger partial charge is 0.316 e. The molecule has 0 unspecified atom stereocenters. The van der Waals surface area contributed by atoms with E-state index in [0.29, 0.717) is 0 Å². The second-order valence-corrected chi connectivity index (χ2v) is 1.05. The molecule has 0 N–H and O–H groups in total. The predicted molar refractivity (Wildman–Crippen MR) is 33.6 cm³/mol. The van der Waals surface area contributed by atoms with Gasteiger partial charge in [-0.2, -0.15) is 0 Å². The summed E-state index contributed by atoms with van der Waals surface area (Å²) in [6.45, 7) is 8.93. The van der Waals surface area contributed by atoms with Crippen molar-refractivity contribution in [2.75, 3.05) is 0 Å². The van der Waals surface area contributed by atoms with Crippen LogP contribution in [0.1, 0.15) is 6.92 Å². The van der Waals surface area contributed by atoms with E-state index < -0.39 is 0 Å². The van der Waals surface area contributed by atoms with Crippen LogP contribution in [-0.4, -0.2) is 23.1 Å². The molecule has 0 saturated carbocycles. The fraction of sp³-hybridized carbons (Fsp3) is 0.200. The van der Waals surface area contributed by atoms with Crippen molar-refractivity contribution < 1.29 is 0 Å². The summed E-state index contributed by atoms with van der Waals surface area (Å²) in [7, 11) is 0. The second kappa shape index (κ2) is 5.25. The van der Waals surface area contributed by atoms with Gasteiger partial charge in [0, 0.05) is 0 Å². The van der Waals surface area contributed by atoms with E-state index in [2.05, 4.69) is 13.2 Å². The molecule has 0 rings (SSSR count). The van der Waals surface area contributed by atoms with Crippen LogP contribution in [0.15, 0.2) is 24.8 Å². The van der Waals surface area contributed by atoms with Gasteiger partial charge in [-0.1, -0.05) is 24.8 Å². The minimum atomic E-state index is 0. The van der Waals surface area contributed by atoms with E-state index in [0.717, 1.165) is 5.57 Å². The van der Waals surface area contributed by atoms with Crippen molar-refractivity contribution in [2.24, 2.45) is 0 Å². The summed E-state index contributed by atoms with van der Waals surface area (Å²) in [5, 5.41) is 0. The molecule has 32 valence electrons. The Kier molecular flexibility index (Phi) is 8.34. The van der Waals surface area contributed by atoms with E-state index in [1.54, 1.807) is 6.08 Å². The van der Waals surface area contributed by atoms with Gasteiger partial charge in [-0.15, -0.1) is 0 Å². The third-order valence-corrected chi connectivity index (χ3v) is 0.348. The van der Waals surface area contributed by atoms with E-state index >= 15 is 0 Å². The van der Waals surface area contributed by atoms with E-state index in [-0.39, 0.29) is 23.1 Å². The van der Waals surface area contributed by atoms with Crippen molar-refractivity contribution in [3.63, 3.8) is 0 Å². The second-order valence-electron chi connectivity index (χ2n) is 1.05. The van der Waals surface area contributed by atoms with E-state index in [4.69, 9.17) is 0 Å². The first-order valence-electron chi connectivity index (χ1n) is 1.55. The van der Waals surface area contributed by atoms with Gasteiger partial charge in [0.15, 0.2) is 0 Å². The van der Waals surface area contributed by atoms with E-state index in [1.165, 1.54) is 0 Å². The average molecular weight is 94.4 g/mol. The monoisotopic (exact) mass is 94.1 g/mol. The van der Waals surface area contributed by atoms with Gasteiger partial charge < -0.3 is 0 Å². The van der Waals surface area contributed by atoms with Gasteiger partial charge in [-0.3, -0.25) is 0 Å². The van der Waals surface area contributed by atoms with Crippen molar-refractivity contribution >= 4 is 23.1 Å². The number of rotatable bonds is 1. The molecule has 0 bridgehead atoms. The Morgan fingerprint density at radius 1 is 1.67 bits per heavy atom. The Morgan fingerprint density at radius 2 is 1.83 bits per heavy atom. The first-order chi connectivity index (χ1) is 2.27. The lowest BCUT2D eigenvalue weighted by Gasteiger charge is -1.71. The Morgan fingerprint density at radius 3 is 1.83 bits per heavy atom. The number of hydrogen-bond donors (Lipinski definition) is 0. The summed E-state index contributed by atoms with van der Waals surface area (Å²) < 4.78 is 0. The highest BCUT2D eigenvalue weighted by Gasteiger charge is 1.59. The maximum Gasteiger partial charge on any atom is 0.316 e. The molecule has 0 aromatic heterocycles. The van der Waals surface area contributed by atoms with Crippen LogP contribution in [0.3, 0.4) is 0 Å². The zero-order valence-electron chi connectivity index (χ0n) is 3.49. The standard InChI is InChI=1S/C5H8.Mg.2H/c1-4-5(2)3;;;/h4H,1-2H2,3H3;;;. The zero-order valence-corrected chi connectivity index (χ0v) is 3.49. The Balaban J connectivity index is 0. The van der Waals surface area contributed by atoms with Crippen LogP contribution in [0, 0.1) is 0 Å². The molecule has 0 aliphatic rings. The Hall–Kier alpha value is 0.246.